The Kier molecular flexibility index (Phi) is 4.75. The summed E-state index contributed by atoms with van der Waals surface area (Å²) in [6.07, 6.45) is 6.95. The fourth-order valence-corrected chi connectivity index (χ4v) is 2.84. The number of anilines is 1. The molecule has 4 nitrogen and oxygen atoms in total. The lowest BCUT2D eigenvalue weighted by Gasteiger charge is -2.35. The van der Waals surface area contributed by atoms with Crippen molar-refractivity contribution >= 4 is 5.82 Å². The molecule has 1 aromatic rings. The molecule has 1 atom stereocenters. The molecule has 0 spiro atoms. The Bertz CT molecular complexity index is 419. The second kappa shape index (κ2) is 6.33. The van der Waals surface area contributed by atoms with Crippen molar-refractivity contribution in [2.45, 2.75) is 45.6 Å². The second-order valence-corrected chi connectivity index (χ2v) is 5.63. The molecule has 0 unspecified atom stereocenters. The number of rotatable bonds is 4. The minimum atomic E-state index is 0.652. The number of likely N-dealkylation sites (tertiary alicyclic amines) is 1. The SMILES string of the molecule is CCc1cnc(C)nc1N(C)C[C@@H]1CCCCN1C. The number of nitrogens with zero attached hydrogens (tertiary/aromatic N) is 4. The van der Waals surface area contributed by atoms with Gasteiger partial charge in [0.15, 0.2) is 0 Å². The third-order valence-corrected chi connectivity index (χ3v) is 4.11. The molecule has 4 heteroatoms. The first kappa shape index (κ1) is 14.3. The van der Waals surface area contributed by atoms with Crippen LogP contribution in [0.4, 0.5) is 5.82 Å². The highest BCUT2D eigenvalue weighted by molar-refractivity contribution is 5.45. The molecule has 1 aliphatic rings. The van der Waals surface area contributed by atoms with E-state index in [1.807, 2.05) is 13.1 Å². The normalized spacial score (nSPS) is 20.5. The number of aryl methyl sites for hydroxylation is 2. The summed E-state index contributed by atoms with van der Waals surface area (Å²) in [5.41, 5.74) is 1.24. The van der Waals surface area contributed by atoms with Crippen LogP contribution in [-0.2, 0) is 6.42 Å². The predicted octanol–water partition coefficient (Wildman–Crippen LogP) is 2.27. The van der Waals surface area contributed by atoms with Crippen LogP contribution < -0.4 is 4.90 Å². The molecule has 1 fully saturated rings. The molecular weight excluding hydrogens is 236 g/mol. The zero-order valence-electron chi connectivity index (χ0n) is 12.7. The van der Waals surface area contributed by atoms with Gasteiger partial charge in [0.2, 0.25) is 0 Å². The Hall–Kier alpha value is -1.16. The van der Waals surface area contributed by atoms with Crippen molar-refractivity contribution in [3.63, 3.8) is 0 Å². The van der Waals surface area contributed by atoms with E-state index >= 15 is 0 Å². The van der Waals surface area contributed by atoms with Gasteiger partial charge in [-0.3, -0.25) is 0 Å². The standard InChI is InChI=1S/C15H26N4/c1-5-13-10-16-12(2)17-15(13)19(4)11-14-8-6-7-9-18(14)3/h10,14H,5-9,11H2,1-4H3/t14-/m0/s1. The Labute approximate surface area is 116 Å². The first-order valence-electron chi connectivity index (χ1n) is 7.35. The van der Waals surface area contributed by atoms with E-state index in [0.717, 1.165) is 24.6 Å². The Morgan fingerprint density at radius 2 is 2.21 bits per heavy atom. The van der Waals surface area contributed by atoms with Crippen molar-refractivity contribution in [2.75, 3.05) is 32.1 Å². The molecule has 19 heavy (non-hydrogen) atoms. The molecule has 0 radical (unpaired) electrons. The monoisotopic (exact) mass is 262 g/mol. The van der Waals surface area contributed by atoms with Gasteiger partial charge in [0.05, 0.1) is 0 Å². The molecule has 1 aromatic heterocycles. The van der Waals surface area contributed by atoms with Gasteiger partial charge < -0.3 is 9.80 Å². The zero-order valence-corrected chi connectivity index (χ0v) is 12.7. The summed E-state index contributed by atoms with van der Waals surface area (Å²) in [5.74, 6) is 1.96. The molecule has 0 aromatic carbocycles. The summed E-state index contributed by atoms with van der Waals surface area (Å²) >= 11 is 0. The molecule has 106 valence electrons. The topological polar surface area (TPSA) is 32.3 Å². The molecule has 1 aliphatic heterocycles. The van der Waals surface area contributed by atoms with Crippen LogP contribution in [0.5, 0.6) is 0 Å². The van der Waals surface area contributed by atoms with Crippen molar-refractivity contribution in [1.29, 1.82) is 0 Å². The van der Waals surface area contributed by atoms with Crippen molar-refractivity contribution in [1.82, 2.24) is 14.9 Å². The molecule has 2 heterocycles. The first-order chi connectivity index (χ1) is 9.11. The van der Waals surface area contributed by atoms with Gasteiger partial charge in [-0.1, -0.05) is 13.3 Å². The van der Waals surface area contributed by atoms with Gasteiger partial charge in [0, 0.05) is 31.4 Å². The largest absolute Gasteiger partial charge is 0.358 e. The van der Waals surface area contributed by atoms with Crippen molar-refractivity contribution in [2.24, 2.45) is 0 Å². The Morgan fingerprint density at radius 3 is 2.89 bits per heavy atom. The van der Waals surface area contributed by atoms with Gasteiger partial charge >= 0.3 is 0 Å². The average Bonchev–Trinajstić information content (AvgIpc) is 2.41. The summed E-state index contributed by atoms with van der Waals surface area (Å²) in [6, 6.07) is 0.652. The molecule has 0 aliphatic carbocycles. The number of likely N-dealkylation sites (N-methyl/N-ethyl adjacent to an activating group) is 2. The van der Waals surface area contributed by atoms with Crippen LogP contribution in [0.25, 0.3) is 0 Å². The van der Waals surface area contributed by atoms with Crippen molar-refractivity contribution in [3.8, 4) is 0 Å². The summed E-state index contributed by atoms with van der Waals surface area (Å²) in [6.45, 7) is 6.41. The van der Waals surface area contributed by atoms with Gasteiger partial charge in [-0.15, -0.1) is 0 Å². The fourth-order valence-electron chi connectivity index (χ4n) is 2.84. The number of piperidine rings is 1. The van der Waals surface area contributed by atoms with E-state index in [9.17, 15) is 0 Å². The van der Waals surface area contributed by atoms with Crippen LogP contribution in [0.3, 0.4) is 0 Å². The smallest absolute Gasteiger partial charge is 0.135 e. The van der Waals surface area contributed by atoms with Crippen LogP contribution in [0.2, 0.25) is 0 Å². The van der Waals surface area contributed by atoms with E-state index in [1.54, 1.807) is 0 Å². The lowest BCUT2D eigenvalue weighted by molar-refractivity contribution is 0.189. The third-order valence-electron chi connectivity index (χ3n) is 4.11. The molecule has 0 N–H and O–H groups in total. The summed E-state index contributed by atoms with van der Waals surface area (Å²) in [5, 5.41) is 0. The lowest BCUT2D eigenvalue weighted by Crippen LogP contribution is -2.44. The molecule has 0 amide bonds. The lowest BCUT2D eigenvalue weighted by atomic mass is 10.0. The van der Waals surface area contributed by atoms with Gasteiger partial charge in [0.1, 0.15) is 11.6 Å². The van der Waals surface area contributed by atoms with Gasteiger partial charge in [-0.2, -0.15) is 0 Å². The van der Waals surface area contributed by atoms with Crippen LogP contribution in [0.1, 0.15) is 37.6 Å². The molecule has 0 bridgehead atoms. The quantitative estimate of drug-likeness (QED) is 0.833. The number of hydrogen-bond donors (Lipinski definition) is 0. The van der Waals surface area contributed by atoms with E-state index in [2.05, 4.69) is 40.8 Å². The van der Waals surface area contributed by atoms with Gasteiger partial charge in [-0.05, 0) is 39.8 Å². The minimum absolute atomic E-state index is 0.652. The third kappa shape index (κ3) is 3.44. The maximum absolute atomic E-state index is 4.63. The first-order valence-corrected chi connectivity index (χ1v) is 7.35. The molecule has 2 rings (SSSR count). The van der Waals surface area contributed by atoms with Crippen molar-refractivity contribution in [3.05, 3.63) is 17.6 Å². The average molecular weight is 262 g/mol. The van der Waals surface area contributed by atoms with Crippen LogP contribution in [0.15, 0.2) is 6.20 Å². The second-order valence-electron chi connectivity index (χ2n) is 5.63. The van der Waals surface area contributed by atoms with Crippen molar-refractivity contribution < 1.29 is 0 Å². The summed E-state index contributed by atoms with van der Waals surface area (Å²) in [7, 11) is 4.40. The van der Waals surface area contributed by atoms with E-state index < -0.39 is 0 Å². The highest BCUT2D eigenvalue weighted by atomic mass is 15.2. The van der Waals surface area contributed by atoms with Gasteiger partial charge in [0.25, 0.3) is 0 Å². The minimum Gasteiger partial charge on any atom is -0.358 e. The highest BCUT2D eigenvalue weighted by Crippen LogP contribution is 2.21. The molecule has 0 saturated carbocycles. The molecular formula is C15H26N4. The predicted molar refractivity (Wildman–Crippen MR) is 79.7 cm³/mol. The summed E-state index contributed by atoms with van der Waals surface area (Å²) < 4.78 is 0. The maximum atomic E-state index is 4.63. The fraction of sp³-hybridized carbons (Fsp3) is 0.733. The Morgan fingerprint density at radius 1 is 1.42 bits per heavy atom. The van der Waals surface area contributed by atoms with E-state index in [4.69, 9.17) is 0 Å². The maximum Gasteiger partial charge on any atom is 0.135 e. The summed E-state index contributed by atoms with van der Waals surface area (Å²) in [4.78, 5) is 13.7. The Balaban J connectivity index is 2.10. The van der Waals surface area contributed by atoms with E-state index in [-0.39, 0.29) is 0 Å². The van der Waals surface area contributed by atoms with E-state index in [0.29, 0.717) is 6.04 Å². The van der Waals surface area contributed by atoms with Crippen LogP contribution >= 0.6 is 0 Å². The zero-order chi connectivity index (χ0) is 13.8. The molecule has 1 saturated heterocycles. The van der Waals surface area contributed by atoms with Crippen LogP contribution in [0, 0.1) is 6.92 Å². The number of aromatic nitrogens is 2. The van der Waals surface area contributed by atoms with E-state index in [1.165, 1.54) is 31.4 Å². The number of hydrogen-bond acceptors (Lipinski definition) is 4. The highest BCUT2D eigenvalue weighted by Gasteiger charge is 2.21. The van der Waals surface area contributed by atoms with Crippen LogP contribution in [-0.4, -0.2) is 48.1 Å². The van der Waals surface area contributed by atoms with Gasteiger partial charge in [-0.25, -0.2) is 9.97 Å².